The normalized spacial score (nSPS) is 10.8. The van der Waals surface area contributed by atoms with Crippen molar-refractivity contribution in [2.75, 3.05) is 6.54 Å². The van der Waals surface area contributed by atoms with Crippen LogP contribution in [-0.4, -0.2) is 6.54 Å². The summed E-state index contributed by atoms with van der Waals surface area (Å²) in [5.74, 6) is 2.41. The standard InChI is InChI=1S/C17H20BrNO/c1-13(2)11-19-12-14-5-3-4-6-17(14)20-16-9-7-15(18)8-10-16/h3-10,13,19H,11-12H2,1-2H3. The van der Waals surface area contributed by atoms with Crippen molar-refractivity contribution in [1.82, 2.24) is 5.32 Å². The van der Waals surface area contributed by atoms with Crippen molar-refractivity contribution in [2.45, 2.75) is 20.4 Å². The highest BCUT2D eigenvalue weighted by molar-refractivity contribution is 9.10. The summed E-state index contributed by atoms with van der Waals surface area (Å²) in [5.41, 5.74) is 1.18. The summed E-state index contributed by atoms with van der Waals surface area (Å²) < 4.78 is 7.01. The van der Waals surface area contributed by atoms with Gasteiger partial charge in [0.05, 0.1) is 0 Å². The molecule has 0 aliphatic heterocycles. The van der Waals surface area contributed by atoms with E-state index in [2.05, 4.69) is 41.2 Å². The van der Waals surface area contributed by atoms with Gasteiger partial charge in [0.15, 0.2) is 0 Å². The fraction of sp³-hybridized carbons (Fsp3) is 0.294. The van der Waals surface area contributed by atoms with Gasteiger partial charge in [-0.3, -0.25) is 0 Å². The minimum absolute atomic E-state index is 0.648. The smallest absolute Gasteiger partial charge is 0.131 e. The molecule has 2 nitrogen and oxygen atoms in total. The van der Waals surface area contributed by atoms with Gasteiger partial charge in [-0.1, -0.05) is 48.0 Å². The number of benzene rings is 2. The highest BCUT2D eigenvalue weighted by Crippen LogP contribution is 2.26. The number of hydrogen-bond donors (Lipinski definition) is 1. The van der Waals surface area contributed by atoms with Crippen LogP contribution in [0.1, 0.15) is 19.4 Å². The van der Waals surface area contributed by atoms with E-state index in [0.717, 1.165) is 29.1 Å². The summed E-state index contributed by atoms with van der Waals surface area (Å²) in [6.07, 6.45) is 0. The zero-order valence-corrected chi connectivity index (χ0v) is 13.5. The molecule has 0 saturated carbocycles. The molecule has 3 heteroatoms. The Morgan fingerprint density at radius 2 is 1.75 bits per heavy atom. The summed E-state index contributed by atoms with van der Waals surface area (Å²) in [6.45, 7) is 6.24. The first-order valence-electron chi connectivity index (χ1n) is 6.87. The van der Waals surface area contributed by atoms with Gasteiger partial charge in [-0.2, -0.15) is 0 Å². The number of para-hydroxylation sites is 1. The van der Waals surface area contributed by atoms with Crippen LogP contribution in [0.25, 0.3) is 0 Å². The summed E-state index contributed by atoms with van der Waals surface area (Å²) >= 11 is 3.43. The summed E-state index contributed by atoms with van der Waals surface area (Å²) in [6, 6.07) is 16.0. The molecule has 1 N–H and O–H groups in total. The van der Waals surface area contributed by atoms with Crippen LogP contribution < -0.4 is 10.1 Å². The van der Waals surface area contributed by atoms with Gasteiger partial charge >= 0.3 is 0 Å². The van der Waals surface area contributed by atoms with E-state index in [1.807, 2.05) is 42.5 Å². The second kappa shape index (κ2) is 7.46. The number of ether oxygens (including phenoxy) is 1. The van der Waals surface area contributed by atoms with Gasteiger partial charge in [0.2, 0.25) is 0 Å². The largest absolute Gasteiger partial charge is 0.457 e. The average molecular weight is 334 g/mol. The molecule has 0 unspecified atom stereocenters. The average Bonchev–Trinajstić information content (AvgIpc) is 2.43. The van der Waals surface area contributed by atoms with E-state index in [1.54, 1.807) is 0 Å². The SMILES string of the molecule is CC(C)CNCc1ccccc1Oc1ccc(Br)cc1. The molecule has 0 aromatic heterocycles. The molecule has 0 saturated heterocycles. The van der Waals surface area contributed by atoms with Gasteiger partial charge < -0.3 is 10.1 Å². The van der Waals surface area contributed by atoms with Crippen LogP contribution in [-0.2, 0) is 6.54 Å². The van der Waals surface area contributed by atoms with Gasteiger partial charge in [0.1, 0.15) is 11.5 Å². The van der Waals surface area contributed by atoms with E-state index in [-0.39, 0.29) is 0 Å². The Labute approximate surface area is 129 Å². The molecular weight excluding hydrogens is 314 g/mol. The third-order valence-corrected chi connectivity index (χ3v) is 3.41. The third kappa shape index (κ3) is 4.66. The van der Waals surface area contributed by atoms with E-state index in [9.17, 15) is 0 Å². The molecule has 0 heterocycles. The Hall–Kier alpha value is -1.32. The second-order valence-corrected chi connectivity index (χ2v) is 6.10. The highest BCUT2D eigenvalue weighted by atomic mass is 79.9. The molecule has 0 radical (unpaired) electrons. The molecule has 2 aromatic carbocycles. The highest BCUT2D eigenvalue weighted by Gasteiger charge is 2.04. The maximum Gasteiger partial charge on any atom is 0.131 e. The lowest BCUT2D eigenvalue weighted by molar-refractivity contribution is 0.469. The van der Waals surface area contributed by atoms with Crippen molar-refractivity contribution in [2.24, 2.45) is 5.92 Å². The number of hydrogen-bond acceptors (Lipinski definition) is 2. The van der Waals surface area contributed by atoms with Crippen LogP contribution in [0.4, 0.5) is 0 Å². The van der Waals surface area contributed by atoms with Crippen LogP contribution in [0.15, 0.2) is 53.0 Å². The van der Waals surface area contributed by atoms with E-state index < -0.39 is 0 Å². The molecule has 106 valence electrons. The summed E-state index contributed by atoms with van der Waals surface area (Å²) in [4.78, 5) is 0. The monoisotopic (exact) mass is 333 g/mol. The number of rotatable bonds is 6. The first-order chi connectivity index (χ1) is 9.65. The van der Waals surface area contributed by atoms with Crippen molar-refractivity contribution in [3.63, 3.8) is 0 Å². The number of halogens is 1. The van der Waals surface area contributed by atoms with E-state index in [1.165, 1.54) is 5.56 Å². The van der Waals surface area contributed by atoms with Crippen LogP contribution >= 0.6 is 15.9 Å². The first-order valence-corrected chi connectivity index (χ1v) is 7.66. The lowest BCUT2D eigenvalue weighted by Gasteiger charge is -2.13. The van der Waals surface area contributed by atoms with Crippen LogP contribution in [0.3, 0.4) is 0 Å². The zero-order chi connectivity index (χ0) is 14.4. The van der Waals surface area contributed by atoms with Crippen LogP contribution in [0.5, 0.6) is 11.5 Å². The Balaban J connectivity index is 2.05. The Morgan fingerprint density at radius 3 is 2.45 bits per heavy atom. The maximum absolute atomic E-state index is 5.96. The molecule has 0 aliphatic rings. The molecule has 2 aromatic rings. The van der Waals surface area contributed by atoms with E-state index in [0.29, 0.717) is 5.92 Å². The van der Waals surface area contributed by atoms with Crippen molar-refractivity contribution in [3.05, 3.63) is 58.6 Å². The van der Waals surface area contributed by atoms with Crippen molar-refractivity contribution in [1.29, 1.82) is 0 Å². The molecule has 0 fully saturated rings. The molecule has 0 bridgehead atoms. The first kappa shape index (κ1) is 15.1. The maximum atomic E-state index is 5.96. The fourth-order valence-electron chi connectivity index (χ4n) is 1.87. The van der Waals surface area contributed by atoms with E-state index >= 15 is 0 Å². The molecule has 0 atom stereocenters. The van der Waals surface area contributed by atoms with E-state index in [4.69, 9.17) is 4.74 Å². The van der Waals surface area contributed by atoms with Crippen LogP contribution in [0.2, 0.25) is 0 Å². The van der Waals surface area contributed by atoms with Gasteiger partial charge in [-0.05, 0) is 42.8 Å². The lowest BCUT2D eigenvalue weighted by atomic mass is 10.2. The summed E-state index contributed by atoms with van der Waals surface area (Å²) in [7, 11) is 0. The molecule has 0 spiro atoms. The third-order valence-electron chi connectivity index (χ3n) is 2.88. The number of nitrogens with one attached hydrogen (secondary N) is 1. The fourth-order valence-corrected chi connectivity index (χ4v) is 2.14. The van der Waals surface area contributed by atoms with Gasteiger partial charge in [-0.15, -0.1) is 0 Å². The zero-order valence-electron chi connectivity index (χ0n) is 11.9. The molecular formula is C17H20BrNO. The van der Waals surface area contributed by atoms with Gasteiger partial charge in [0.25, 0.3) is 0 Å². The summed E-state index contributed by atoms with van der Waals surface area (Å²) in [5, 5.41) is 3.45. The van der Waals surface area contributed by atoms with Gasteiger partial charge in [0, 0.05) is 16.6 Å². The van der Waals surface area contributed by atoms with Crippen LogP contribution in [0, 0.1) is 5.92 Å². The Morgan fingerprint density at radius 1 is 1.05 bits per heavy atom. The van der Waals surface area contributed by atoms with Crippen molar-refractivity contribution >= 4 is 15.9 Å². The molecule has 20 heavy (non-hydrogen) atoms. The Kier molecular flexibility index (Phi) is 5.62. The second-order valence-electron chi connectivity index (χ2n) is 5.19. The Bertz CT molecular complexity index is 537. The molecule has 2 rings (SSSR count). The lowest BCUT2D eigenvalue weighted by Crippen LogP contribution is -2.19. The van der Waals surface area contributed by atoms with Crippen molar-refractivity contribution in [3.8, 4) is 11.5 Å². The minimum atomic E-state index is 0.648. The minimum Gasteiger partial charge on any atom is -0.457 e. The predicted octanol–water partition coefficient (Wildman–Crippen LogP) is 4.99. The predicted molar refractivity (Wildman–Crippen MR) is 87.2 cm³/mol. The molecule has 0 aliphatic carbocycles. The quantitative estimate of drug-likeness (QED) is 0.804. The topological polar surface area (TPSA) is 21.3 Å². The molecule has 0 amide bonds. The van der Waals surface area contributed by atoms with Gasteiger partial charge in [-0.25, -0.2) is 0 Å². The van der Waals surface area contributed by atoms with Crippen molar-refractivity contribution < 1.29 is 4.74 Å².